The Bertz CT molecular complexity index is 1010. The van der Waals surface area contributed by atoms with Crippen LogP contribution in [0.2, 0.25) is 0 Å². The minimum absolute atomic E-state index is 0.0548. The minimum Gasteiger partial charge on any atom is -0.493 e. The number of benzene rings is 2. The van der Waals surface area contributed by atoms with Crippen molar-refractivity contribution >= 4 is 23.9 Å². The second-order valence-electron chi connectivity index (χ2n) is 6.13. The highest BCUT2D eigenvalue weighted by Gasteiger charge is 2.41. The molecule has 0 spiro atoms. The third-order valence-electron chi connectivity index (χ3n) is 4.34. The zero-order valence-electron chi connectivity index (χ0n) is 15.5. The maximum atomic E-state index is 12.6. The van der Waals surface area contributed by atoms with Gasteiger partial charge < -0.3 is 9.47 Å². The molecule has 9 heteroatoms. The number of carbonyl (C=O) groups is 3. The molecule has 1 atom stereocenters. The normalized spacial score (nSPS) is 14.1. The Kier molecular flexibility index (Phi) is 5.40. The van der Waals surface area contributed by atoms with Crippen molar-refractivity contribution in [1.29, 1.82) is 0 Å². The van der Waals surface area contributed by atoms with Gasteiger partial charge in [0.05, 0.1) is 23.2 Å². The van der Waals surface area contributed by atoms with Gasteiger partial charge in [-0.2, -0.15) is 0 Å². The van der Waals surface area contributed by atoms with E-state index in [4.69, 9.17) is 9.47 Å². The van der Waals surface area contributed by atoms with E-state index in [1.165, 1.54) is 50.4 Å². The predicted octanol–water partition coefficient (Wildman–Crippen LogP) is 2.53. The molecule has 0 radical (unpaired) electrons. The lowest BCUT2D eigenvalue weighted by Gasteiger charge is -2.21. The molecule has 2 aromatic rings. The molecule has 0 fully saturated rings. The highest BCUT2D eigenvalue weighted by Crippen LogP contribution is 2.30. The van der Waals surface area contributed by atoms with E-state index in [0.717, 1.165) is 11.1 Å². The number of nitrogens with zero attached hydrogens (tertiary/aromatic N) is 2. The summed E-state index contributed by atoms with van der Waals surface area (Å²) in [6.45, 7) is 1.39. The SMILES string of the molecule is COc1cc(/C=C/[N+](=O)[O-])ccc1OC(=O)C(C)N1C(=O)c2ccccc2C1=O. The molecular weight excluding hydrogens is 380 g/mol. The van der Waals surface area contributed by atoms with Crippen molar-refractivity contribution in [3.63, 3.8) is 0 Å². The van der Waals surface area contributed by atoms with E-state index in [1.54, 1.807) is 12.1 Å². The second kappa shape index (κ2) is 7.93. The molecule has 0 aliphatic carbocycles. The fourth-order valence-electron chi connectivity index (χ4n) is 2.88. The second-order valence-corrected chi connectivity index (χ2v) is 6.13. The van der Waals surface area contributed by atoms with Gasteiger partial charge in [-0.3, -0.25) is 24.6 Å². The first-order valence-electron chi connectivity index (χ1n) is 8.52. The van der Waals surface area contributed by atoms with Gasteiger partial charge in [0.2, 0.25) is 6.20 Å². The first-order valence-corrected chi connectivity index (χ1v) is 8.52. The topological polar surface area (TPSA) is 116 Å². The maximum Gasteiger partial charge on any atom is 0.334 e. The smallest absolute Gasteiger partial charge is 0.334 e. The number of hydrogen-bond acceptors (Lipinski definition) is 7. The molecule has 148 valence electrons. The number of rotatable bonds is 6. The summed E-state index contributed by atoms with van der Waals surface area (Å²) in [7, 11) is 1.35. The number of methoxy groups -OCH3 is 1. The Labute approximate surface area is 165 Å². The number of ether oxygens (including phenoxy) is 2. The summed E-state index contributed by atoms with van der Waals surface area (Å²) < 4.78 is 10.5. The Morgan fingerprint density at radius 1 is 1.10 bits per heavy atom. The number of nitro groups is 1. The summed E-state index contributed by atoms with van der Waals surface area (Å²) in [5.74, 6) is -1.74. The van der Waals surface area contributed by atoms with Gasteiger partial charge in [0.1, 0.15) is 6.04 Å². The van der Waals surface area contributed by atoms with Gasteiger partial charge in [-0.1, -0.05) is 18.2 Å². The molecule has 1 aliphatic heterocycles. The van der Waals surface area contributed by atoms with Gasteiger partial charge in [0, 0.05) is 6.08 Å². The monoisotopic (exact) mass is 396 g/mol. The number of imide groups is 1. The third-order valence-corrected chi connectivity index (χ3v) is 4.34. The fourth-order valence-corrected chi connectivity index (χ4v) is 2.88. The van der Waals surface area contributed by atoms with Crippen molar-refractivity contribution in [3.8, 4) is 11.5 Å². The van der Waals surface area contributed by atoms with Crippen molar-refractivity contribution in [3.05, 3.63) is 75.5 Å². The highest BCUT2D eigenvalue weighted by molar-refractivity contribution is 6.22. The number of fused-ring (bicyclic) bond motifs is 1. The standard InChI is InChI=1S/C20H16N2O7/c1-12(22-18(23)14-5-3-4-6-15(14)19(22)24)20(25)29-16-8-7-13(9-10-21(26)27)11-17(16)28-2/h3-12H,1-2H3/b10-9+. The maximum absolute atomic E-state index is 12.6. The molecule has 2 amide bonds. The molecule has 1 heterocycles. The minimum atomic E-state index is -1.17. The van der Waals surface area contributed by atoms with Crippen molar-refractivity contribution in [2.24, 2.45) is 0 Å². The van der Waals surface area contributed by atoms with E-state index >= 15 is 0 Å². The summed E-state index contributed by atoms with van der Waals surface area (Å²) in [4.78, 5) is 48.3. The van der Waals surface area contributed by atoms with Crippen LogP contribution in [-0.4, -0.2) is 40.8 Å². The Morgan fingerprint density at radius 3 is 2.28 bits per heavy atom. The molecule has 0 aromatic heterocycles. The van der Waals surface area contributed by atoms with Gasteiger partial charge >= 0.3 is 5.97 Å². The molecule has 29 heavy (non-hydrogen) atoms. The molecule has 3 rings (SSSR count). The van der Waals surface area contributed by atoms with Crippen molar-refractivity contribution in [2.45, 2.75) is 13.0 Å². The average molecular weight is 396 g/mol. The van der Waals surface area contributed by atoms with E-state index in [9.17, 15) is 24.5 Å². The van der Waals surface area contributed by atoms with E-state index < -0.39 is 28.7 Å². The summed E-state index contributed by atoms with van der Waals surface area (Å²) in [6, 6.07) is 9.51. The quantitative estimate of drug-likeness (QED) is 0.242. The zero-order chi connectivity index (χ0) is 21.1. The fraction of sp³-hybridized carbons (Fsp3) is 0.150. The van der Waals surface area contributed by atoms with Crippen LogP contribution in [0.25, 0.3) is 6.08 Å². The molecule has 9 nitrogen and oxygen atoms in total. The van der Waals surface area contributed by atoms with Crippen LogP contribution in [0.15, 0.2) is 48.7 Å². The van der Waals surface area contributed by atoms with Gasteiger partial charge in [-0.15, -0.1) is 0 Å². The summed E-state index contributed by atoms with van der Waals surface area (Å²) in [5, 5.41) is 10.4. The molecule has 0 bridgehead atoms. The first-order chi connectivity index (χ1) is 13.8. The lowest BCUT2D eigenvalue weighted by Crippen LogP contribution is -2.44. The summed E-state index contributed by atoms with van der Waals surface area (Å²) in [6.07, 6.45) is 2.03. The number of carbonyl (C=O) groups excluding carboxylic acids is 3. The van der Waals surface area contributed by atoms with Crippen LogP contribution in [0.4, 0.5) is 0 Å². The third kappa shape index (κ3) is 3.84. The molecule has 1 unspecified atom stereocenters. The van der Waals surface area contributed by atoms with Crippen molar-refractivity contribution in [1.82, 2.24) is 4.90 Å². The van der Waals surface area contributed by atoms with E-state index in [2.05, 4.69) is 0 Å². The molecule has 0 N–H and O–H groups in total. The zero-order valence-corrected chi connectivity index (χ0v) is 15.5. The van der Waals surface area contributed by atoms with E-state index in [1.807, 2.05) is 0 Å². The largest absolute Gasteiger partial charge is 0.493 e. The van der Waals surface area contributed by atoms with Crippen LogP contribution >= 0.6 is 0 Å². The van der Waals surface area contributed by atoms with Crippen molar-refractivity contribution < 1.29 is 28.8 Å². The molecular formula is C20H16N2O7. The van der Waals surface area contributed by atoms with Crippen LogP contribution in [0, 0.1) is 10.1 Å². The Hall–Kier alpha value is -4.01. The number of esters is 1. The van der Waals surface area contributed by atoms with Gasteiger partial charge in [-0.05, 0) is 36.8 Å². The summed E-state index contributed by atoms with van der Waals surface area (Å²) >= 11 is 0. The Morgan fingerprint density at radius 2 is 1.72 bits per heavy atom. The Balaban J connectivity index is 1.79. The number of hydrogen-bond donors (Lipinski definition) is 0. The van der Waals surface area contributed by atoms with Crippen molar-refractivity contribution in [2.75, 3.05) is 7.11 Å². The average Bonchev–Trinajstić information content (AvgIpc) is 2.97. The van der Waals surface area contributed by atoms with E-state index in [-0.39, 0.29) is 22.6 Å². The van der Waals surface area contributed by atoms with Gasteiger partial charge in [0.25, 0.3) is 11.8 Å². The highest BCUT2D eigenvalue weighted by atomic mass is 16.6. The van der Waals surface area contributed by atoms with E-state index in [0.29, 0.717) is 5.56 Å². The molecule has 0 saturated carbocycles. The van der Waals surface area contributed by atoms with Crippen LogP contribution in [0.5, 0.6) is 11.5 Å². The lowest BCUT2D eigenvalue weighted by atomic mass is 10.1. The van der Waals surface area contributed by atoms with Gasteiger partial charge in [0.15, 0.2) is 11.5 Å². The van der Waals surface area contributed by atoms with Crippen LogP contribution in [-0.2, 0) is 4.79 Å². The first kappa shape index (κ1) is 19.7. The predicted molar refractivity (Wildman–Crippen MR) is 101 cm³/mol. The van der Waals surface area contributed by atoms with Gasteiger partial charge in [-0.25, -0.2) is 4.79 Å². The number of amides is 2. The van der Waals surface area contributed by atoms with Crippen LogP contribution in [0.1, 0.15) is 33.2 Å². The summed E-state index contributed by atoms with van der Waals surface area (Å²) in [5.41, 5.74) is 0.931. The molecule has 0 saturated heterocycles. The molecule has 2 aromatic carbocycles. The molecule has 1 aliphatic rings. The van der Waals surface area contributed by atoms with Crippen LogP contribution in [0.3, 0.4) is 0 Å². The van der Waals surface area contributed by atoms with Crippen LogP contribution < -0.4 is 9.47 Å². The lowest BCUT2D eigenvalue weighted by molar-refractivity contribution is -0.400.